The Hall–Kier alpha value is -2.69. The quantitative estimate of drug-likeness (QED) is 0.207. The molecule has 9 heteroatoms. The molecule has 0 bridgehead atoms. The van der Waals surface area contributed by atoms with Gasteiger partial charge in [-0.15, -0.1) is 24.0 Å². The van der Waals surface area contributed by atoms with E-state index < -0.39 is 6.61 Å². The van der Waals surface area contributed by atoms with Crippen molar-refractivity contribution in [3.63, 3.8) is 0 Å². The van der Waals surface area contributed by atoms with Crippen LogP contribution in [0.2, 0.25) is 0 Å². The summed E-state index contributed by atoms with van der Waals surface area (Å²) in [7, 11) is 1.66. The van der Waals surface area contributed by atoms with Crippen LogP contribution in [-0.2, 0) is 26.1 Å². The summed E-state index contributed by atoms with van der Waals surface area (Å²) >= 11 is 0. The molecule has 3 aromatic rings. The standard InChI is InChI=1S/C24H29F2N5O.HI/c1-18-10-11-21(32-23(25)26)20(15-18)16-29-24(27-2)30-17-22-28-12-14-31(22)13-6-9-19-7-4-3-5-8-19;/h3-5,7-8,10-12,14-15,23H,6,9,13,16-17H2,1-2H3,(H2,27,29,30);1H. The monoisotopic (exact) mass is 569 g/mol. The van der Waals surface area contributed by atoms with E-state index >= 15 is 0 Å². The first-order valence-electron chi connectivity index (χ1n) is 10.6. The summed E-state index contributed by atoms with van der Waals surface area (Å²) in [5.41, 5.74) is 2.92. The molecular formula is C24H30F2IN5O. The van der Waals surface area contributed by atoms with Crippen molar-refractivity contribution in [3.8, 4) is 5.75 Å². The zero-order valence-corrected chi connectivity index (χ0v) is 21.1. The van der Waals surface area contributed by atoms with Crippen LogP contribution >= 0.6 is 24.0 Å². The molecule has 178 valence electrons. The lowest BCUT2D eigenvalue weighted by molar-refractivity contribution is -0.0504. The van der Waals surface area contributed by atoms with Gasteiger partial charge in [-0.05, 0) is 31.4 Å². The highest BCUT2D eigenvalue weighted by Crippen LogP contribution is 2.22. The second-order valence-electron chi connectivity index (χ2n) is 7.40. The van der Waals surface area contributed by atoms with E-state index in [1.54, 1.807) is 25.4 Å². The third-order valence-corrected chi connectivity index (χ3v) is 5.02. The van der Waals surface area contributed by atoms with Crippen LogP contribution in [0.25, 0.3) is 0 Å². The maximum absolute atomic E-state index is 12.7. The summed E-state index contributed by atoms with van der Waals surface area (Å²) in [5, 5.41) is 6.38. The minimum absolute atomic E-state index is 0. The van der Waals surface area contributed by atoms with Gasteiger partial charge in [0.25, 0.3) is 0 Å². The van der Waals surface area contributed by atoms with Gasteiger partial charge in [-0.25, -0.2) is 4.98 Å². The number of hydrogen-bond acceptors (Lipinski definition) is 3. The lowest BCUT2D eigenvalue weighted by Crippen LogP contribution is -2.37. The first kappa shape index (κ1) is 26.6. The van der Waals surface area contributed by atoms with Crippen molar-refractivity contribution in [1.29, 1.82) is 0 Å². The third-order valence-electron chi connectivity index (χ3n) is 5.02. The molecule has 0 radical (unpaired) electrons. The highest BCUT2D eigenvalue weighted by molar-refractivity contribution is 14.0. The number of aryl methyl sites for hydroxylation is 3. The lowest BCUT2D eigenvalue weighted by Gasteiger charge is -2.15. The molecule has 33 heavy (non-hydrogen) atoms. The van der Waals surface area contributed by atoms with E-state index in [1.807, 2.05) is 25.3 Å². The highest BCUT2D eigenvalue weighted by Gasteiger charge is 2.11. The van der Waals surface area contributed by atoms with Crippen LogP contribution in [-0.4, -0.2) is 29.2 Å². The molecule has 3 rings (SSSR count). The number of ether oxygens (including phenoxy) is 1. The number of halogens is 3. The largest absolute Gasteiger partial charge is 0.434 e. The van der Waals surface area contributed by atoms with Crippen LogP contribution < -0.4 is 15.4 Å². The van der Waals surface area contributed by atoms with E-state index in [4.69, 9.17) is 0 Å². The molecule has 1 heterocycles. The Labute approximate surface area is 210 Å². The molecule has 0 unspecified atom stereocenters. The van der Waals surface area contributed by atoms with Gasteiger partial charge < -0.3 is 19.9 Å². The summed E-state index contributed by atoms with van der Waals surface area (Å²) in [5.74, 6) is 1.61. The maximum atomic E-state index is 12.7. The Morgan fingerprint density at radius 3 is 2.61 bits per heavy atom. The molecule has 0 fully saturated rings. The molecule has 0 saturated carbocycles. The van der Waals surface area contributed by atoms with Gasteiger partial charge in [0.2, 0.25) is 0 Å². The van der Waals surface area contributed by atoms with Crippen LogP contribution in [0, 0.1) is 6.92 Å². The predicted octanol–water partition coefficient (Wildman–Crippen LogP) is 4.91. The van der Waals surface area contributed by atoms with Crippen molar-refractivity contribution in [2.75, 3.05) is 7.05 Å². The predicted molar refractivity (Wildman–Crippen MR) is 137 cm³/mol. The zero-order chi connectivity index (χ0) is 22.8. The number of nitrogens with one attached hydrogen (secondary N) is 2. The van der Waals surface area contributed by atoms with E-state index in [1.165, 1.54) is 5.56 Å². The number of alkyl halides is 2. The van der Waals surface area contributed by atoms with Crippen molar-refractivity contribution < 1.29 is 13.5 Å². The van der Waals surface area contributed by atoms with E-state index in [2.05, 4.69) is 54.2 Å². The number of rotatable bonds is 10. The number of imidazole rings is 1. The molecular weight excluding hydrogens is 539 g/mol. The minimum Gasteiger partial charge on any atom is -0.434 e. The fourth-order valence-electron chi connectivity index (χ4n) is 3.43. The first-order valence-corrected chi connectivity index (χ1v) is 10.6. The minimum atomic E-state index is -2.87. The SMILES string of the molecule is CN=C(NCc1cc(C)ccc1OC(F)F)NCc1nccn1CCCc1ccccc1.I. The fourth-order valence-corrected chi connectivity index (χ4v) is 3.43. The molecule has 1 aromatic heterocycles. The molecule has 0 aliphatic carbocycles. The summed E-state index contributed by atoms with van der Waals surface area (Å²) in [6.07, 6.45) is 5.78. The summed E-state index contributed by atoms with van der Waals surface area (Å²) in [6, 6.07) is 15.5. The fraction of sp³-hybridized carbons (Fsp3) is 0.333. The third kappa shape index (κ3) is 8.64. The van der Waals surface area contributed by atoms with Crippen LogP contribution in [0.15, 0.2) is 65.9 Å². The van der Waals surface area contributed by atoms with E-state index in [0.717, 1.165) is 30.8 Å². The van der Waals surface area contributed by atoms with E-state index in [9.17, 15) is 8.78 Å². The van der Waals surface area contributed by atoms with Crippen molar-refractivity contribution >= 4 is 29.9 Å². The van der Waals surface area contributed by atoms with Gasteiger partial charge in [0.1, 0.15) is 11.6 Å². The molecule has 0 aliphatic rings. The van der Waals surface area contributed by atoms with Gasteiger partial charge >= 0.3 is 6.61 Å². The molecule has 0 saturated heterocycles. The Kier molecular flexibility index (Phi) is 11.1. The second kappa shape index (κ2) is 13.8. The molecule has 0 spiro atoms. The van der Waals surface area contributed by atoms with Crippen LogP contribution in [0.3, 0.4) is 0 Å². The summed E-state index contributed by atoms with van der Waals surface area (Å²) < 4.78 is 32.1. The van der Waals surface area contributed by atoms with Gasteiger partial charge in [0.15, 0.2) is 5.96 Å². The van der Waals surface area contributed by atoms with Gasteiger partial charge in [0, 0.05) is 38.1 Å². The van der Waals surface area contributed by atoms with Crippen LogP contribution in [0.1, 0.15) is 28.9 Å². The average molecular weight is 569 g/mol. The van der Waals surface area contributed by atoms with Gasteiger partial charge in [-0.3, -0.25) is 4.99 Å². The average Bonchev–Trinajstić information content (AvgIpc) is 3.23. The molecule has 6 nitrogen and oxygen atoms in total. The number of nitrogens with zero attached hydrogens (tertiary/aromatic N) is 3. The Balaban J connectivity index is 0.00000385. The Morgan fingerprint density at radius 1 is 1.12 bits per heavy atom. The van der Waals surface area contributed by atoms with Gasteiger partial charge in [-0.2, -0.15) is 8.78 Å². The number of benzene rings is 2. The molecule has 0 amide bonds. The normalized spacial score (nSPS) is 11.2. The van der Waals surface area contributed by atoms with Crippen molar-refractivity contribution in [2.45, 2.75) is 46.0 Å². The number of aromatic nitrogens is 2. The molecule has 2 aromatic carbocycles. The second-order valence-corrected chi connectivity index (χ2v) is 7.40. The topological polar surface area (TPSA) is 63.5 Å². The maximum Gasteiger partial charge on any atom is 0.387 e. The first-order chi connectivity index (χ1) is 15.5. The number of hydrogen-bond donors (Lipinski definition) is 2. The van der Waals surface area contributed by atoms with E-state index in [0.29, 0.717) is 24.6 Å². The van der Waals surface area contributed by atoms with Gasteiger partial charge in [0.05, 0.1) is 6.54 Å². The van der Waals surface area contributed by atoms with Crippen molar-refractivity contribution in [2.24, 2.45) is 4.99 Å². The summed E-state index contributed by atoms with van der Waals surface area (Å²) in [6.45, 7) is 0.700. The van der Waals surface area contributed by atoms with Crippen LogP contribution in [0.5, 0.6) is 5.75 Å². The summed E-state index contributed by atoms with van der Waals surface area (Å²) in [4.78, 5) is 8.65. The molecule has 2 N–H and O–H groups in total. The van der Waals surface area contributed by atoms with E-state index in [-0.39, 0.29) is 29.7 Å². The Bertz CT molecular complexity index is 1010. The smallest absolute Gasteiger partial charge is 0.387 e. The van der Waals surface area contributed by atoms with Crippen molar-refractivity contribution in [1.82, 2.24) is 20.2 Å². The molecule has 0 atom stereocenters. The molecule has 0 aliphatic heterocycles. The number of aliphatic imine (C=N–C) groups is 1. The van der Waals surface area contributed by atoms with Crippen molar-refractivity contribution in [3.05, 3.63) is 83.4 Å². The Morgan fingerprint density at radius 2 is 1.88 bits per heavy atom. The number of guanidine groups is 1. The lowest BCUT2D eigenvalue weighted by atomic mass is 10.1. The zero-order valence-electron chi connectivity index (χ0n) is 18.8. The van der Waals surface area contributed by atoms with Crippen LogP contribution in [0.4, 0.5) is 8.78 Å². The highest BCUT2D eigenvalue weighted by atomic mass is 127. The van der Waals surface area contributed by atoms with Gasteiger partial charge in [-0.1, -0.05) is 48.0 Å².